The molecule has 1 fully saturated rings. The second-order valence-electron chi connectivity index (χ2n) is 7.82. The average Bonchev–Trinajstić information content (AvgIpc) is 3.21. The van der Waals surface area contributed by atoms with E-state index in [9.17, 15) is 9.59 Å². The van der Waals surface area contributed by atoms with Crippen LogP contribution in [0, 0.1) is 5.92 Å². The number of amides is 2. The van der Waals surface area contributed by atoms with Gasteiger partial charge in [0.05, 0.1) is 17.6 Å². The number of likely N-dealkylation sites (tertiary alicyclic amines) is 1. The number of rotatable bonds is 3. The zero-order chi connectivity index (χ0) is 22.0. The number of anilines is 1. The summed E-state index contributed by atoms with van der Waals surface area (Å²) in [5, 5.41) is 1.91. The number of halogens is 2. The lowest BCUT2D eigenvalue weighted by Gasteiger charge is -2.35. The molecule has 0 N–H and O–H groups in total. The van der Waals surface area contributed by atoms with E-state index >= 15 is 0 Å². The van der Waals surface area contributed by atoms with Crippen LogP contribution in [0.4, 0.5) is 5.69 Å². The average molecular weight is 476 g/mol. The Kier molecular flexibility index (Phi) is 6.89. The van der Waals surface area contributed by atoms with Gasteiger partial charge in [-0.15, -0.1) is 0 Å². The molecule has 0 aromatic heterocycles. The SMILES string of the molecule is CC1CSC(N(C(=O)C2CCCN(C(=O)c3ccc(Cl)cc3)C2)c2ccc(Cl)cc2)=N1. The summed E-state index contributed by atoms with van der Waals surface area (Å²) in [4.78, 5) is 34.8. The molecule has 2 aromatic rings. The first kappa shape index (κ1) is 22.2. The molecule has 0 saturated carbocycles. The topological polar surface area (TPSA) is 53.0 Å². The molecule has 2 aliphatic heterocycles. The van der Waals surface area contributed by atoms with Crippen LogP contribution >= 0.6 is 35.0 Å². The van der Waals surface area contributed by atoms with E-state index < -0.39 is 0 Å². The third-order valence-corrected chi connectivity index (χ3v) is 7.13. The lowest BCUT2D eigenvalue weighted by molar-refractivity contribution is -0.122. The summed E-state index contributed by atoms with van der Waals surface area (Å²) in [6.07, 6.45) is 1.51. The van der Waals surface area contributed by atoms with E-state index in [1.165, 1.54) is 0 Å². The van der Waals surface area contributed by atoms with Crippen LogP contribution in [0.3, 0.4) is 0 Å². The molecule has 2 aliphatic rings. The van der Waals surface area contributed by atoms with Crippen molar-refractivity contribution in [2.75, 3.05) is 23.7 Å². The highest BCUT2D eigenvalue weighted by molar-refractivity contribution is 8.14. The summed E-state index contributed by atoms with van der Waals surface area (Å²) in [6.45, 7) is 3.06. The van der Waals surface area contributed by atoms with Crippen LogP contribution in [0.25, 0.3) is 0 Å². The fourth-order valence-electron chi connectivity index (χ4n) is 3.82. The van der Waals surface area contributed by atoms with Gasteiger partial charge in [0.1, 0.15) is 0 Å². The summed E-state index contributed by atoms with van der Waals surface area (Å²) in [6, 6.07) is 14.3. The van der Waals surface area contributed by atoms with Crippen molar-refractivity contribution in [3.05, 3.63) is 64.1 Å². The third-order valence-electron chi connectivity index (χ3n) is 5.43. The zero-order valence-corrected chi connectivity index (χ0v) is 19.5. The molecule has 8 heteroatoms. The summed E-state index contributed by atoms with van der Waals surface area (Å²) >= 11 is 13.6. The van der Waals surface area contributed by atoms with E-state index in [0.29, 0.717) is 33.9 Å². The lowest BCUT2D eigenvalue weighted by atomic mass is 9.95. The Bertz CT molecular complexity index is 995. The first-order valence-corrected chi connectivity index (χ1v) is 12.0. The number of thioether (sulfide) groups is 1. The standard InChI is InChI=1S/C23H23Cl2N3O2S/c1-15-14-31-23(26-15)28(20-10-8-19(25)9-11-20)22(30)17-3-2-12-27(13-17)21(29)16-4-6-18(24)7-5-16/h4-11,15,17H,2-3,12-14H2,1H3. The van der Waals surface area contributed by atoms with Gasteiger partial charge in [0.25, 0.3) is 5.91 Å². The maximum atomic E-state index is 13.7. The van der Waals surface area contributed by atoms with Crippen LogP contribution in [0.5, 0.6) is 0 Å². The fourth-order valence-corrected chi connectivity index (χ4v) is 5.12. The molecule has 2 heterocycles. The number of nitrogens with zero attached hydrogens (tertiary/aromatic N) is 3. The smallest absolute Gasteiger partial charge is 0.253 e. The van der Waals surface area contributed by atoms with Crippen molar-refractivity contribution >= 4 is 57.6 Å². The zero-order valence-electron chi connectivity index (χ0n) is 17.1. The van der Waals surface area contributed by atoms with Crippen LogP contribution in [0.2, 0.25) is 10.0 Å². The van der Waals surface area contributed by atoms with E-state index in [1.807, 2.05) is 19.1 Å². The van der Waals surface area contributed by atoms with Crippen molar-refractivity contribution < 1.29 is 9.59 Å². The molecule has 162 valence electrons. The van der Waals surface area contributed by atoms with Crippen molar-refractivity contribution in [1.82, 2.24) is 4.90 Å². The molecule has 0 bridgehead atoms. The Morgan fingerprint density at radius 2 is 1.71 bits per heavy atom. The first-order valence-electron chi connectivity index (χ1n) is 10.3. The van der Waals surface area contributed by atoms with E-state index in [2.05, 4.69) is 4.99 Å². The van der Waals surface area contributed by atoms with Crippen molar-refractivity contribution in [2.24, 2.45) is 10.9 Å². The molecule has 0 spiro atoms. The Morgan fingerprint density at radius 1 is 1.06 bits per heavy atom. The first-order chi connectivity index (χ1) is 14.9. The second-order valence-corrected chi connectivity index (χ2v) is 9.68. The summed E-state index contributed by atoms with van der Waals surface area (Å²) in [5.74, 6) is 0.447. The molecule has 0 radical (unpaired) electrons. The molecule has 31 heavy (non-hydrogen) atoms. The molecule has 4 rings (SSSR count). The minimum absolute atomic E-state index is 0.0312. The van der Waals surface area contributed by atoms with E-state index in [-0.39, 0.29) is 23.8 Å². The number of piperidine rings is 1. The van der Waals surface area contributed by atoms with Crippen molar-refractivity contribution in [3.63, 3.8) is 0 Å². The van der Waals surface area contributed by atoms with Gasteiger partial charge in [-0.2, -0.15) is 0 Å². The second kappa shape index (κ2) is 9.63. The summed E-state index contributed by atoms with van der Waals surface area (Å²) < 4.78 is 0. The monoisotopic (exact) mass is 475 g/mol. The summed E-state index contributed by atoms with van der Waals surface area (Å²) in [7, 11) is 0. The quantitative estimate of drug-likeness (QED) is 0.599. The van der Waals surface area contributed by atoms with Crippen LogP contribution in [0.15, 0.2) is 53.5 Å². The highest BCUT2D eigenvalue weighted by Crippen LogP contribution is 2.30. The van der Waals surface area contributed by atoms with Crippen LogP contribution in [-0.4, -0.2) is 46.8 Å². The third kappa shape index (κ3) is 5.08. The molecule has 2 unspecified atom stereocenters. The van der Waals surface area contributed by atoms with Gasteiger partial charge in [0.2, 0.25) is 5.91 Å². The highest BCUT2D eigenvalue weighted by Gasteiger charge is 2.35. The van der Waals surface area contributed by atoms with E-state index in [4.69, 9.17) is 23.2 Å². The largest absolute Gasteiger partial charge is 0.338 e. The van der Waals surface area contributed by atoms with Gasteiger partial charge in [0, 0.05) is 34.5 Å². The van der Waals surface area contributed by atoms with Crippen LogP contribution < -0.4 is 4.90 Å². The predicted molar refractivity (Wildman–Crippen MR) is 128 cm³/mol. The minimum Gasteiger partial charge on any atom is -0.338 e. The van der Waals surface area contributed by atoms with Gasteiger partial charge < -0.3 is 4.90 Å². The number of hydrogen-bond donors (Lipinski definition) is 0. The molecule has 0 aliphatic carbocycles. The highest BCUT2D eigenvalue weighted by atomic mass is 35.5. The maximum Gasteiger partial charge on any atom is 0.253 e. The fraction of sp³-hybridized carbons (Fsp3) is 0.348. The van der Waals surface area contributed by atoms with Gasteiger partial charge in [-0.1, -0.05) is 35.0 Å². The van der Waals surface area contributed by atoms with Gasteiger partial charge in [-0.3, -0.25) is 19.5 Å². The van der Waals surface area contributed by atoms with E-state index in [0.717, 1.165) is 24.3 Å². The molecular weight excluding hydrogens is 453 g/mol. The number of aliphatic imine (C=N–C) groups is 1. The maximum absolute atomic E-state index is 13.7. The van der Waals surface area contributed by atoms with Gasteiger partial charge in [0.15, 0.2) is 5.17 Å². The normalized spacial score (nSPS) is 21.0. The number of benzene rings is 2. The predicted octanol–water partition coefficient (Wildman–Crippen LogP) is 5.37. The Hall–Kier alpha value is -2.02. The molecule has 2 aromatic carbocycles. The van der Waals surface area contributed by atoms with E-state index in [1.54, 1.807) is 58.0 Å². The number of carbonyl (C=O) groups is 2. The molecule has 2 atom stereocenters. The minimum atomic E-state index is -0.292. The van der Waals surface area contributed by atoms with Crippen LogP contribution in [-0.2, 0) is 4.79 Å². The lowest BCUT2D eigenvalue weighted by Crippen LogP contribution is -2.48. The van der Waals surface area contributed by atoms with Crippen molar-refractivity contribution in [2.45, 2.75) is 25.8 Å². The number of carbonyl (C=O) groups excluding carboxylic acids is 2. The molecular formula is C23H23Cl2N3O2S. The molecule has 5 nitrogen and oxygen atoms in total. The molecule has 2 amide bonds. The molecule has 1 saturated heterocycles. The number of hydrogen-bond acceptors (Lipinski definition) is 4. The Labute approximate surface area is 196 Å². The Balaban J connectivity index is 1.56. The number of amidine groups is 1. The van der Waals surface area contributed by atoms with Crippen LogP contribution in [0.1, 0.15) is 30.1 Å². The van der Waals surface area contributed by atoms with Crippen molar-refractivity contribution in [3.8, 4) is 0 Å². The van der Waals surface area contributed by atoms with Gasteiger partial charge >= 0.3 is 0 Å². The Morgan fingerprint density at radius 3 is 2.32 bits per heavy atom. The van der Waals surface area contributed by atoms with Gasteiger partial charge in [-0.25, -0.2) is 0 Å². The van der Waals surface area contributed by atoms with Gasteiger partial charge in [-0.05, 0) is 68.3 Å². The van der Waals surface area contributed by atoms with Crippen molar-refractivity contribution in [1.29, 1.82) is 0 Å². The summed E-state index contributed by atoms with van der Waals surface area (Å²) in [5.41, 5.74) is 1.33.